The fourth-order valence-electron chi connectivity index (χ4n) is 12.0. The highest BCUT2D eigenvalue weighted by molar-refractivity contribution is 6.19. The normalized spacial score (nSPS) is 13.0. The number of hydrogen-bond donors (Lipinski definition) is 0. The molecule has 13 aromatic rings. The molecular weight excluding hydrogens is 839 g/mol. The van der Waals surface area contributed by atoms with Crippen LogP contribution in [0.4, 0.5) is 0 Å². The fourth-order valence-corrected chi connectivity index (χ4v) is 12.0. The van der Waals surface area contributed by atoms with Crippen LogP contribution in [0.5, 0.6) is 0 Å². The first-order valence-electron chi connectivity index (χ1n) is 23.6. The molecule has 2 aliphatic rings. The number of para-hydroxylation sites is 3. The molecule has 5 nitrogen and oxygen atoms in total. The molecule has 0 unspecified atom stereocenters. The van der Waals surface area contributed by atoms with Crippen LogP contribution in [0.25, 0.3) is 111 Å². The van der Waals surface area contributed by atoms with E-state index in [2.05, 4.69) is 246 Å². The molecule has 3 heterocycles. The molecule has 0 saturated carbocycles. The summed E-state index contributed by atoms with van der Waals surface area (Å²) in [5.74, 6) is 1.76. The van der Waals surface area contributed by atoms with Crippen LogP contribution >= 0.6 is 0 Å². The monoisotopic (exact) mass is 877 g/mol. The van der Waals surface area contributed by atoms with Gasteiger partial charge in [0.15, 0.2) is 11.6 Å². The van der Waals surface area contributed by atoms with E-state index in [0.29, 0.717) is 17.6 Å². The summed E-state index contributed by atoms with van der Waals surface area (Å²) >= 11 is 0. The summed E-state index contributed by atoms with van der Waals surface area (Å²) in [5.41, 5.74) is 19.4. The minimum Gasteiger partial charge on any atom is -0.309 e. The molecule has 0 amide bonds. The number of hydrogen-bond acceptors (Lipinski definition) is 3. The van der Waals surface area contributed by atoms with Crippen LogP contribution in [0.2, 0.25) is 0 Å². The summed E-state index contributed by atoms with van der Waals surface area (Å²) in [7, 11) is 0. The third-order valence-electron chi connectivity index (χ3n) is 14.8. The summed E-state index contributed by atoms with van der Waals surface area (Å²) in [4.78, 5) is 16.2. The summed E-state index contributed by atoms with van der Waals surface area (Å²) in [5, 5.41) is 4.78. The van der Waals surface area contributed by atoms with E-state index in [1.54, 1.807) is 0 Å². The molecule has 0 N–H and O–H groups in total. The molecule has 5 heteroatoms. The lowest BCUT2D eigenvalue weighted by atomic mass is 9.70. The molecule has 15 rings (SSSR count). The molecule has 10 aromatic carbocycles. The third-order valence-corrected chi connectivity index (χ3v) is 14.8. The maximum Gasteiger partial charge on any atom is 0.238 e. The summed E-state index contributed by atoms with van der Waals surface area (Å²) in [6, 6.07) is 85.4. The Morgan fingerprint density at radius 1 is 0.304 bits per heavy atom. The highest BCUT2D eigenvalue weighted by Gasteiger charge is 2.52. The van der Waals surface area contributed by atoms with Gasteiger partial charge in [-0.05, 0) is 92.0 Å². The molecule has 0 radical (unpaired) electrons. The van der Waals surface area contributed by atoms with Gasteiger partial charge in [-0.15, -0.1) is 0 Å². The molecule has 2 aliphatic carbocycles. The molecule has 0 fully saturated rings. The first-order valence-corrected chi connectivity index (χ1v) is 23.6. The largest absolute Gasteiger partial charge is 0.309 e. The van der Waals surface area contributed by atoms with Gasteiger partial charge in [0.25, 0.3) is 0 Å². The maximum atomic E-state index is 5.48. The van der Waals surface area contributed by atoms with Gasteiger partial charge in [0.1, 0.15) is 0 Å². The van der Waals surface area contributed by atoms with E-state index in [9.17, 15) is 0 Å². The van der Waals surface area contributed by atoms with E-state index >= 15 is 0 Å². The maximum absolute atomic E-state index is 5.48. The summed E-state index contributed by atoms with van der Waals surface area (Å²) < 4.78 is 4.61. The van der Waals surface area contributed by atoms with Crippen molar-refractivity contribution in [1.82, 2.24) is 24.1 Å². The van der Waals surface area contributed by atoms with E-state index in [-0.39, 0.29) is 0 Å². The average Bonchev–Trinajstić information content (AvgIpc) is 4.13. The van der Waals surface area contributed by atoms with Crippen molar-refractivity contribution in [2.75, 3.05) is 0 Å². The Morgan fingerprint density at radius 3 is 1.46 bits per heavy atom. The lowest BCUT2D eigenvalue weighted by Gasteiger charge is -2.30. The second kappa shape index (κ2) is 14.4. The first-order chi connectivity index (χ1) is 34.2. The predicted octanol–water partition coefficient (Wildman–Crippen LogP) is 15.4. The molecule has 0 saturated heterocycles. The van der Waals surface area contributed by atoms with Crippen LogP contribution < -0.4 is 0 Å². The van der Waals surface area contributed by atoms with Crippen LogP contribution in [0.3, 0.4) is 0 Å². The summed E-state index contributed by atoms with van der Waals surface area (Å²) in [6.45, 7) is 0. The van der Waals surface area contributed by atoms with E-state index in [1.165, 1.54) is 60.7 Å². The Labute approximate surface area is 397 Å². The third kappa shape index (κ3) is 5.27. The van der Waals surface area contributed by atoms with Crippen molar-refractivity contribution < 1.29 is 0 Å². The van der Waals surface area contributed by atoms with E-state index in [1.807, 2.05) is 0 Å². The predicted molar refractivity (Wildman–Crippen MR) is 281 cm³/mol. The lowest BCUT2D eigenvalue weighted by molar-refractivity contribution is 0.794. The van der Waals surface area contributed by atoms with E-state index < -0.39 is 5.41 Å². The van der Waals surface area contributed by atoms with Gasteiger partial charge in [-0.2, -0.15) is 9.97 Å². The van der Waals surface area contributed by atoms with Gasteiger partial charge in [-0.25, -0.2) is 4.98 Å². The zero-order valence-corrected chi connectivity index (χ0v) is 37.3. The highest BCUT2D eigenvalue weighted by atomic mass is 15.2. The zero-order valence-electron chi connectivity index (χ0n) is 37.3. The molecule has 69 heavy (non-hydrogen) atoms. The molecule has 320 valence electrons. The van der Waals surface area contributed by atoms with E-state index in [4.69, 9.17) is 15.0 Å². The fraction of sp³-hybridized carbons (Fsp3) is 0.0156. The molecule has 0 aliphatic heterocycles. The number of fused-ring (bicyclic) bond motifs is 17. The Bertz CT molecular complexity index is 4160. The van der Waals surface area contributed by atoms with E-state index in [0.717, 1.165) is 55.4 Å². The average molecular weight is 878 g/mol. The minimum absolute atomic E-state index is 0.461. The zero-order chi connectivity index (χ0) is 45.2. The number of benzene rings is 10. The number of rotatable bonds is 5. The standard InChI is InChI=1S/C64H39N5/c1-2-17-40(18-3-1)41-33-35-42(36-34-41)61-65-62(43-19-16-20-44(39-43)68-55-30-13-7-23-47(55)48-24-8-14-31-56(48)68)67-63(66-61)69-57-32-15-9-26-50(57)60-58(69)38-37-54-59(60)49-25-6-12-29-53(49)64(54)51-27-10-4-21-45(51)46-22-5-11-28-52(46)64/h1-39H. The second-order valence-electron chi connectivity index (χ2n) is 18.3. The van der Waals surface area contributed by atoms with Crippen LogP contribution in [0, 0.1) is 0 Å². The van der Waals surface area contributed by atoms with Crippen LogP contribution in [-0.2, 0) is 5.41 Å². The molecule has 0 bridgehead atoms. The molecule has 1 spiro atoms. The number of nitrogens with zero attached hydrogens (tertiary/aromatic N) is 5. The van der Waals surface area contributed by atoms with Gasteiger partial charge in [-0.1, -0.05) is 200 Å². The van der Waals surface area contributed by atoms with Gasteiger partial charge < -0.3 is 4.57 Å². The van der Waals surface area contributed by atoms with Gasteiger partial charge in [0.2, 0.25) is 5.95 Å². The van der Waals surface area contributed by atoms with Crippen molar-refractivity contribution in [2.24, 2.45) is 0 Å². The topological polar surface area (TPSA) is 48.5 Å². The summed E-state index contributed by atoms with van der Waals surface area (Å²) in [6.07, 6.45) is 0. The van der Waals surface area contributed by atoms with Crippen molar-refractivity contribution in [3.05, 3.63) is 259 Å². The Balaban J connectivity index is 0.985. The Morgan fingerprint density at radius 2 is 0.797 bits per heavy atom. The smallest absolute Gasteiger partial charge is 0.238 e. The van der Waals surface area contributed by atoms with Gasteiger partial charge in [-0.3, -0.25) is 4.57 Å². The van der Waals surface area contributed by atoms with Crippen LogP contribution in [0.15, 0.2) is 237 Å². The van der Waals surface area contributed by atoms with Gasteiger partial charge >= 0.3 is 0 Å². The van der Waals surface area contributed by atoms with Crippen LogP contribution in [0.1, 0.15) is 22.3 Å². The van der Waals surface area contributed by atoms with Crippen molar-refractivity contribution in [2.45, 2.75) is 5.41 Å². The Hall–Kier alpha value is -9.19. The molecular formula is C64H39N5. The van der Waals surface area contributed by atoms with Crippen molar-refractivity contribution in [3.8, 4) is 67.8 Å². The SMILES string of the molecule is c1ccc(-c2ccc(-c3nc(-c4cccc(-n5c6ccccc6c6ccccc65)c4)nc(-n4c5ccccc5c5c6c(ccc54)C4(c5ccccc5-c5ccccc54)c4ccccc4-6)n3)cc2)cc1. The van der Waals surface area contributed by atoms with Crippen molar-refractivity contribution in [1.29, 1.82) is 0 Å². The quantitative estimate of drug-likeness (QED) is 0.173. The molecule has 0 atom stereocenters. The Kier molecular flexibility index (Phi) is 7.93. The molecule has 3 aromatic heterocycles. The minimum atomic E-state index is -0.461. The lowest BCUT2D eigenvalue weighted by Crippen LogP contribution is -2.25. The van der Waals surface area contributed by atoms with Gasteiger partial charge in [0.05, 0.1) is 27.5 Å². The van der Waals surface area contributed by atoms with Gasteiger partial charge in [0, 0.05) is 38.4 Å². The number of aromatic nitrogens is 5. The van der Waals surface area contributed by atoms with Crippen LogP contribution in [-0.4, -0.2) is 24.1 Å². The first kappa shape index (κ1) is 38.0. The van der Waals surface area contributed by atoms with Crippen molar-refractivity contribution in [3.63, 3.8) is 0 Å². The highest BCUT2D eigenvalue weighted by Crippen LogP contribution is 2.64. The second-order valence-corrected chi connectivity index (χ2v) is 18.3. The van der Waals surface area contributed by atoms with Crippen molar-refractivity contribution >= 4 is 43.6 Å².